The molecule has 0 nitrogen and oxygen atoms in total. The second kappa shape index (κ2) is 8.55. The fourth-order valence-corrected chi connectivity index (χ4v) is 1.32. The summed E-state index contributed by atoms with van der Waals surface area (Å²) < 4.78 is 0. The van der Waals surface area contributed by atoms with Crippen LogP contribution in [0.15, 0.2) is 48.6 Å². The molecule has 0 atom stereocenters. The summed E-state index contributed by atoms with van der Waals surface area (Å²) in [6.45, 7) is 0. The van der Waals surface area contributed by atoms with Gasteiger partial charge in [-0.15, -0.1) is 0 Å². The van der Waals surface area contributed by atoms with E-state index in [1.54, 1.807) is 0 Å². The summed E-state index contributed by atoms with van der Waals surface area (Å²) in [5.41, 5.74) is 0. The first kappa shape index (κ1) is 11.0. The van der Waals surface area contributed by atoms with Crippen LogP contribution in [0.25, 0.3) is 0 Å². The molecular formula is C14H19. The highest BCUT2D eigenvalue weighted by molar-refractivity contribution is 5.10. The van der Waals surface area contributed by atoms with E-state index in [9.17, 15) is 0 Å². The van der Waals surface area contributed by atoms with Gasteiger partial charge in [-0.2, -0.15) is 0 Å². The Morgan fingerprint density at radius 2 is 1.14 bits per heavy atom. The van der Waals surface area contributed by atoms with Crippen LogP contribution in [0.4, 0.5) is 0 Å². The smallest absolute Gasteiger partial charge is 0.00443 e. The van der Waals surface area contributed by atoms with Crippen molar-refractivity contribution in [1.82, 2.24) is 0 Å². The zero-order valence-electron chi connectivity index (χ0n) is 8.73. The van der Waals surface area contributed by atoms with Crippen molar-refractivity contribution in [1.29, 1.82) is 0 Å². The third kappa shape index (κ3) is 6.47. The van der Waals surface area contributed by atoms with E-state index in [4.69, 9.17) is 0 Å². The molecule has 0 unspecified atom stereocenters. The van der Waals surface area contributed by atoms with Crippen molar-refractivity contribution in [2.24, 2.45) is 0 Å². The number of hydrogen-bond donors (Lipinski definition) is 0. The minimum atomic E-state index is 1.06. The monoisotopic (exact) mass is 187 g/mol. The molecule has 0 aromatic heterocycles. The molecule has 1 aliphatic rings. The van der Waals surface area contributed by atoms with Gasteiger partial charge < -0.3 is 0 Å². The summed E-state index contributed by atoms with van der Waals surface area (Å²) in [5, 5.41) is 0. The number of hydrogen-bond acceptors (Lipinski definition) is 0. The molecule has 75 valence electrons. The first-order valence-electron chi connectivity index (χ1n) is 5.45. The SMILES string of the molecule is [CH]1/C=C\C/C=C\CCC/C=C/C/C=C/1. The van der Waals surface area contributed by atoms with Gasteiger partial charge in [-0.3, -0.25) is 0 Å². The predicted octanol–water partition coefficient (Wildman–Crippen LogP) is 4.38. The average Bonchev–Trinajstić information content (AvgIpc) is 2.22. The van der Waals surface area contributed by atoms with E-state index >= 15 is 0 Å². The maximum Gasteiger partial charge on any atom is 0.00443 e. The summed E-state index contributed by atoms with van der Waals surface area (Å²) in [4.78, 5) is 0. The molecule has 0 fully saturated rings. The van der Waals surface area contributed by atoms with Gasteiger partial charge in [-0.25, -0.2) is 0 Å². The molecule has 0 heterocycles. The Balaban J connectivity index is 2.34. The summed E-state index contributed by atoms with van der Waals surface area (Å²) >= 11 is 0. The van der Waals surface area contributed by atoms with E-state index in [-0.39, 0.29) is 0 Å². The molecule has 1 rings (SSSR count). The van der Waals surface area contributed by atoms with Gasteiger partial charge in [0.25, 0.3) is 0 Å². The minimum absolute atomic E-state index is 1.06. The van der Waals surface area contributed by atoms with Gasteiger partial charge in [0.05, 0.1) is 0 Å². The Bertz CT molecular complexity index is 204. The second-order valence-corrected chi connectivity index (χ2v) is 3.39. The van der Waals surface area contributed by atoms with Gasteiger partial charge in [0.2, 0.25) is 0 Å². The Labute approximate surface area is 87.7 Å². The predicted molar refractivity (Wildman–Crippen MR) is 63.9 cm³/mol. The molecular weight excluding hydrogens is 168 g/mol. The average molecular weight is 187 g/mol. The van der Waals surface area contributed by atoms with E-state index in [0.29, 0.717) is 0 Å². The van der Waals surface area contributed by atoms with Crippen LogP contribution in [-0.4, -0.2) is 0 Å². The Hall–Kier alpha value is -1.04. The third-order valence-electron chi connectivity index (χ3n) is 2.11. The lowest BCUT2D eigenvalue weighted by molar-refractivity contribution is 0.864. The first-order valence-corrected chi connectivity index (χ1v) is 5.45. The van der Waals surface area contributed by atoms with Crippen LogP contribution in [0, 0.1) is 6.42 Å². The maximum atomic E-state index is 2.28. The van der Waals surface area contributed by atoms with Gasteiger partial charge in [-0.1, -0.05) is 48.6 Å². The number of rotatable bonds is 0. The molecule has 0 N–H and O–H groups in total. The van der Waals surface area contributed by atoms with Crippen LogP contribution in [0.3, 0.4) is 0 Å². The largest absolute Gasteiger partial charge is 0.0882 e. The lowest BCUT2D eigenvalue weighted by Gasteiger charge is -1.91. The van der Waals surface area contributed by atoms with E-state index in [1.807, 2.05) is 0 Å². The first-order chi connectivity index (χ1) is 7.00. The van der Waals surface area contributed by atoms with Gasteiger partial charge in [0.15, 0.2) is 0 Å². The van der Waals surface area contributed by atoms with Gasteiger partial charge in [0.1, 0.15) is 0 Å². The quantitative estimate of drug-likeness (QED) is 0.494. The van der Waals surface area contributed by atoms with Crippen LogP contribution in [0.5, 0.6) is 0 Å². The molecule has 1 aliphatic carbocycles. The van der Waals surface area contributed by atoms with Crippen molar-refractivity contribution >= 4 is 0 Å². The highest BCUT2D eigenvalue weighted by Crippen LogP contribution is 2.01. The fraction of sp³-hybridized carbons (Fsp3) is 0.357. The van der Waals surface area contributed by atoms with Crippen molar-refractivity contribution in [3.8, 4) is 0 Å². The molecule has 14 heavy (non-hydrogen) atoms. The molecule has 0 heteroatoms. The van der Waals surface area contributed by atoms with E-state index in [2.05, 4.69) is 55.0 Å². The number of allylic oxidation sites excluding steroid dienone is 8. The summed E-state index contributed by atoms with van der Waals surface area (Å²) in [6.07, 6.45) is 25.5. The molecule has 0 saturated heterocycles. The normalized spacial score (nSPS) is 28.6. The third-order valence-corrected chi connectivity index (χ3v) is 2.11. The highest BCUT2D eigenvalue weighted by atomic mass is 13.9. The lowest BCUT2D eigenvalue weighted by atomic mass is 10.2. The minimum Gasteiger partial charge on any atom is -0.0882 e. The van der Waals surface area contributed by atoms with Gasteiger partial charge >= 0.3 is 0 Å². The Kier molecular flexibility index (Phi) is 6.74. The van der Waals surface area contributed by atoms with E-state index in [1.165, 1.54) is 19.3 Å². The fourth-order valence-electron chi connectivity index (χ4n) is 1.32. The van der Waals surface area contributed by atoms with Crippen molar-refractivity contribution in [2.75, 3.05) is 0 Å². The maximum absolute atomic E-state index is 2.28. The molecule has 0 aromatic rings. The standard InChI is InChI=1S/C14H19/c1-2-4-6-8-10-12-14-13-11-9-7-5-3-1/h1-5,8-11H,6-7,12-14H2/b4-2-,5-3+,10-8-,11-9+. The van der Waals surface area contributed by atoms with Crippen LogP contribution >= 0.6 is 0 Å². The highest BCUT2D eigenvalue weighted by Gasteiger charge is 1.81. The molecule has 0 amide bonds. The van der Waals surface area contributed by atoms with Crippen LogP contribution in [0.2, 0.25) is 0 Å². The summed E-state index contributed by atoms with van der Waals surface area (Å²) in [5.74, 6) is 0. The van der Waals surface area contributed by atoms with Crippen LogP contribution < -0.4 is 0 Å². The van der Waals surface area contributed by atoms with E-state index < -0.39 is 0 Å². The van der Waals surface area contributed by atoms with Crippen molar-refractivity contribution < 1.29 is 0 Å². The molecule has 1 radical (unpaired) electrons. The molecule has 0 aliphatic heterocycles. The summed E-state index contributed by atoms with van der Waals surface area (Å²) in [7, 11) is 0. The Morgan fingerprint density at radius 3 is 1.71 bits per heavy atom. The lowest BCUT2D eigenvalue weighted by Crippen LogP contribution is -1.71. The van der Waals surface area contributed by atoms with Gasteiger partial charge in [-0.05, 0) is 32.1 Å². The topological polar surface area (TPSA) is 0 Å². The zero-order valence-corrected chi connectivity index (χ0v) is 8.73. The Morgan fingerprint density at radius 1 is 0.571 bits per heavy atom. The van der Waals surface area contributed by atoms with Crippen molar-refractivity contribution in [3.63, 3.8) is 0 Å². The molecule has 0 spiro atoms. The molecule has 0 saturated carbocycles. The van der Waals surface area contributed by atoms with E-state index in [0.717, 1.165) is 12.8 Å². The molecule has 0 bridgehead atoms. The van der Waals surface area contributed by atoms with Crippen molar-refractivity contribution in [3.05, 3.63) is 55.0 Å². The van der Waals surface area contributed by atoms with Crippen LogP contribution in [0.1, 0.15) is 32.1 Å². The zero-order chi connectivity index (χ0) is 9.90. The van der Waals surface area contributed by atoms with Gasteiger partial charge in [0, 0.05) is 6.42 Å². The summed E-state index contributed by atoms with van der Waals surface area (Å²) in [6, 6.07) is 0. The van der Waals surface area contributed by atoms with Crippen LogP contribution in [-0.2, 0) is 0 Å². The second-order valence-electron chi connectivity index (χ2n) is 3.39. The van der Waals surface area contributed by atoms with Crippen molar-refractivity contribution in [2.45, 2.75) is 32.1 Å². The molecule has 0 aromatic carbocycles.